The van der Waals surface area contributed by atoms with Crippen molar-refractivity contribution in [3.05, 3.63) is 35.9 Å². The molecule has 16 heavy (non-hydrogen) atoms. The molecule has 0 spiro atoms. The minimum absolute atomic E-state index is 0.388. The Bertz CT molecular complexity index is 495. The van der Waals surface area contributed by atoms with Gasteiger partial charge in [0.2, 0.25) is 5.91 Å². The molecule has 78 valence electrons. The molecular formula is C12H9N3O. The number of carbonyl (C=O) groups excluding carboxylic acids is 1. The molecule has 0 radical (unpaired) electrons. The zero-order valence-electron chi connectivity index (χ0n) is 8.42. The molecule has 2 rings (SSSR count). The summed E-state index contributed by atoms with van der Waals surface area (Å²) in [5.74, 6) is -1.66. The Morgan fingerprint density at radius 3 is 2.19 bits per heavy atom. The molecule has 0 aromatic heterocycles. The van der Waals surface area contributed by atoms with Crippen molar-refractivity contribution >= 4 is 5.91 Å². The van der Waals surface area contributed by atoms with Gasteiger partial charge in [0.1, 0.15) is 0 Å². The molecule has 1 aromatic carbocycles. The van der Waals surface area contributed by atoms with E-state index in [1.54, 1.807) is 12.1 Å². The molecule has 2 unspecified atom stereocenters. The van der Waals surface area contributed by atoms with Crippen LogP contribution in [0.5, 0.6) is 0 Å². The van der Waals surface area contributed by atoms with Crippen molar-refractivity contribution in [3.63, 3.8) is 0 Å². The van der Waals surface area contributed by atoms with Crippen molar-refractivity contribution in [2.75, 3.05) is 0 Å². The van der Waals surface area contributed by atoms with Crippen LogP contribution >= 0.6 is 0 Å². The second-order valence-corrected chi connectivity index (χ2v) is 3.86. The van der Waals surface area contributed by atoms with Gasteiger partial charge in [0.25, 0.3) is 0 Å². The van der Waals surface area contributed by atoms with Crippen molar-refractivity contribution in [2.24, 2.45) is 17.1 Å². The predicted octanol–water partition coefficient (Wildman–Crippen LogP) is 0.919. The molecule has 0 aliphatic heterocycles. The van der Waals surface area contributed by atoms with Crippen LogP contribution in [0.2, 0.25) is 0 Å². The number of nitriles is 2. The summed E-state index contributed by atoms with van der Waals surface area (Å²) in [6, 6.07) is 12.9. The first kappa shape index (κ1) is 10.2. The van der Waals surface area contributed by atoms with Crippen LogP contribution in [0.3, 0.4) is 0 Å². The van der Waals surface area contributed by atoms with E-state index in [0.717, 1.165) is 5.56 Å². The van der Waals surface area contributed by atoms with E-state index in [4.69, 9.17) is 16.3 Å². The Kier molecular flexibility index (Phi) is 2.14. The first-order valence-corrected chi connectivity index (χ1v) is 4.84. The highest BCUT2D eigenvalue weighted by atomic mass is 16.1. The van der Waals surface area contributed by atoms with Crippen LogP contribution in [0, 0.1) is 34.0 Å². The van der Waals surface area contributed by atoms with Crippen LogP contribution in [0.25, 0.3) is 0 Å². The number of rotatable bonds is 2. The standard InChI is InChI=1S/C12H9N3O/c13-6-12(7-14)9(10(12)11(15)16)8-4-2-1-3-5-8/h1-5,9-10H,(H2,15,16). The molecule has 1 amide bonds. The van der Waals surface area contributed by atoms with Crippen molar-refractivity contribution < 1.29 is 4.79 Å². The van der Waals surface area contributed by atoms with Gasteiger partial charge in [-0.25, -0.2) is 0 Å². The van der Waals surface area contributed by atoms with Crippen LogP contribution in [-0.4, -0.2) is 5.91 Å². The molecule has 1 aliphatic rings. The number of hydrogen-bond acceptors (Lipinski definition) is 3. The molecular weight excluding hydrogens is 202 g/mol. The fraction of sp³-hybridized carbons (Fsp3) is 0.250. The van der Waals surface area contributed by atoms with E-state index < -0.39 is 17.2 Å². The maximum Gasteiger partial charge on any atom is 0.223 e. The lowest BCUT2D eigenvalue weighted by Gasteiger charge is -1.97. The average molecular weight is 211 g/mol. The molecule has 4 nitrogen and oxygen atoms in total. The van der Waals surface area contributed by atoms with E-state index >= 15 is 0 Å². The van der Waals surface area contributed by atoms with E-state index in [1.165, 1.54) is 0 Å². The zero-order chi connectivity index (χ0) is 11.8. The highest BCUT2D eigenvalue weighted by molar-refractivity contribution is 5.85. The van der Waals surface area contributed by atoms with Gasteiger partial charge in [-0.15, -0.1) is 0 Å². The molecule has 1 fully saturated rings. The van der Waals surface area contributed by atoms with Crippen LogP contribution < -0.4 is 5.73 Å². The number of primary amides is 1. The Hall–Kier alpha value is -2.33. The second kappa shape index (κ2) is 3.36. The average Bonchev–Trinajstić information content (AvgIpc) is 3.00. The lowest BCUT2D eigenvalue weighted by atomic mass is 10.0. The van der Waals surface area contributed by atoms with Gasteiger partial charge in [0, 0.05) is 5.92 Å². The number of hydrogen-bond donors (Lipinski definition) is 1. The molecule has 2 atom stereocenters. The van der Waals surface area contributed by atoms with Gasteiger partial charge >= 0.3 is 0 Å². The summed E-state index contributed by atoms with van der Waals surface area (Å²) >= 11 is 0. The lowest BCUT2D eigenvalue weighted by Crippen LogP contribution is -2.17. The largest absolute Gasteiger partial charge is 0.369 e. The van der Waals surface area contributed by atoms with Crippen LogP contribution in [-0.2, 0) is 4.79 Å². The van der Waals surface area contributed by atoms with E-state index in [0.29, 0.717) is 0 Å². The number of carbonyl (C=O) groups is 1. The molecule has 2 N–H and O–H groups in total. The topological polar surface area (TPSA) is 90.7 Å². The van der Waals surface area contributed by atoms with Crippen LogP contribution in [0.1, 0.15) is 11.5 Å². The second-order valence-electron chi connectivity index (χ2n) is 3.86. The van der Waals surface area contributed by atoms with E-state index in [2.05, 4.69) is 0 Å². The molecule has 4 heteroatoms. The Morgan fingerprint density at radius 1 is 1.25 bits per heavy atom. The number of amides is 1. The van der Waals surface area contributed by atoms with Gasteiger partial charge in [-0.2, -0.15) is 10.5 Å². The highest BCUT2D eigenvalue weighted by Gasteiger charge is 2.70. The fourth-order valence-corrected chi connectivity index (χ4v) is 2.20. The first-order chi connectivity index (χ1) is 7.67. The summed E-state index contributed by atoms with van der Waals surface area (Å²) in [6.45, 7) is 0. The van der Waals surface area contributed by atoms with E-state index in [1.807, 2.05) is 30.3 Å². The van der Waals surface area contributed by atoms with Crippen molar-refractivity contribution in [1.29, 1.82) is 10.5 Å². The van der Waals surface area contributed by atoms with Crippen molar-refractivity contribution in [1.82, 2.24) is 0 Å². The third-order valence-corrected chi connectivity index (χ3v) is 3.04. The van der Waals surface area contributed by atoms with Gasteiger partial charge in [0.15, 0.2) is 5.41 Å². The zero-order valence-corrected chi connectivity index (χ0v) is 8.42. The summed E-state index contributed by atoms with van der Waals surface area (Å²) in [5, 5.41) is 18.1. The molecule has 0 saturated heterocycles. The van der Waals surface area contributed by atoms with Gasteiger partial charge < -0.3 is 5.73 Å². The summed E-state index contributed by atoms with van der Waals surface area (Å²) in [6.07, 6.45) is 0. The summed E-state index contributed by atoms with van der Waals surface area (Å²) < 4.78 is 0. The Labute approximate surface area is 92.9 Å². The third kappa shape index (κ3) is 1.17. The van der Waals surface area contributed by atoms with Crippen molar-refractivity contribution in [2.45, 2.75) is 5.92 Å². The minimum atomic E-state index is -1.27. The lowest BCUT2D eigenvalue weighted by molar-refractivity contribution is -0.119. The van der Waals surface area contributed by atoms with Gasteiger partial charge in [-0.1, -0.05) is 30.3 Å². The SMILES string of the molecule is N#CC1(C#N)C(C(N)=O)C1c1ccccc1. The monoisotopic (exact) mass is 211 g/mol. The van der Waals surface area contributed by atoms with Crippen molar-refractivity contribution in [3.8, 4) is 12.1 Å². The molecule has 0 bridgehead atoms. The summed E-state index contributed by atoms with van der Waals surface area (Å²) in [7, 11) is 0. The molecule has 1 aliphatic carbocycles. The minimum Gasteiger partial charge on any atom is -0.369 e. The molecule has 0 heterocycles. The molecule has 1 aromatic rings. The maximum absolute atomic E-state index is 11.2. The first-order valence-electron chi connectivity index (χ1n) is 4.84. The van der Waals surface area contributed by atoms with Gasteiger partial charge in [-0.3, -0.25) is 4.79 Å². The van der Waals surface area contributed by atoms with Crippen LogP contribution in [0.15, 0.2) is 30.3 Å². The predicted molar refractivity (Wildman–Crippen MR) is 55.5 cm³/mol. The number of nitrogens with zero attached hydrogens (tertiary/aromatic N) is 2. The summed E-state index contributed by atoms with van der Waals surface area (Å²) in [5.41, 5.74) is 4.75. The molecule has 1 saturated carbocycles. The Morgan fingerprint density at radius 2 is 1.81 bits per heavy atom. The van der Waals surface area contributed by atoms with Crippen LogP contribution in [0.4, 0.5) is 0 Å². The van der Waals surface area contributed by atoms with Gasteiger partial charge in [0.05, 0.1) is 18.1 Å². The quantitative estimate of drug-likeness (QED) is 0.788. The van der Waals surface area contributed by atoms with E-state index in [-0.39, 0.29) is 5.92 Å². The smallest absolute Gasteiger partial charge is 0.223 e. The van der Waals surface area contributed by atoms with E-state index in [9.17, 15) is 4.79 Å². The fourth-order valence-electron chi connectivity index (χ4n) is 2.20. The number of benzene rings is 1. The van der Waals surface area contributed by atoms with Gasteiger partial charge in [-0.05, 0) is 5.56 Å². The maximum atomic E-state index is 11.2. The normalized spacial score (nSPS) is 25.1. The Balaban J connectivity index is 2.43. The summed E-state index contributed by atoms with van der Waals surface area (Å²) in [4.78, 5) is 11.2. The highest BCUT2D eigenvalue weighted by Crippen LogP contribution is 2.63. The third-order valence-electron chi connectivity index (χ3n) is 3.04. The number of nitrogens with two attached hydrogens (primary N) is 1.